The topological polar surface area (TPSA) is 78.9 Å². The molecule has 0 saturated carbocycles. The first-order valence-electron chi connectivity index (χ1n) is 10.2. The first kappa shape index (κ1) is 21.9. The minimum Gasteiger partial charge on any atom is -0.493 e. The van der Waals surface area contributed by atoms with Crippen molar-refractivity contribution in [1.82, 2.24) is 0 Å². The summed E-state index contributed by atoms with van der Waals surface area (Å²) in [4.78, 5) is 25.1. The van der Waals surface area contributed by atoms with Crippen molar-refractivity contribution >= 4 is 37.9 Å². The number of halogens is 2. The van der Waals surface area contributed by atoms with E-state index >= 15 is 0 Å². The molecule has 0 aliphatic rings. The Bertz CT molecular complexity index is 1670. The van der Waals surface area contributed by atoms with Crippen molar-refractivity contribution in [2.75, 3.05) is 7.11 Å². The zero-order chi connectivity index (χ0) is 23.8. The van der Waals surface area contributed by atoms with Crippen LogP contribution >= 0.6 is 15.9 Å². The highest BCUT2D eigenvalue weighted by Crippen LogP contribution is 2.32. The summed E-state index contributed by atoms with van der Waals surface area (Å²) < 4.78 is 36.5. The number of methoxy groups -OCH3 is 1. The van der Waals surface area contributed by atoms with Crippen LogP contribution in [0.25, 0.3) is 33.1 Å². The minimum absolute atomic E-state index is 0.00929. The Morgan fingerprint density at radius 1 is 0.941 bits per heavy atom. The molecular weight excluding hydrogens is 507 g/mol. The van der Waals surface area contributed by atoms with Crippen LogP contribution in [-0.4, -0.2) is 7.11 Å². The molecule has 0 radical (unpaired) electrons. The van der Waals surface area contributed by atoms with Gasteiger partial charge in [0.15, 0.2) is 11.3 Å². The standard InChI is InChI=1S/C26H16BrFO6/c1-31-22-4-2-3-14-9-20(26(30)34-25(14)22)19-12-24(29)33-23-11-17(7-8-18(19)23)32-13-15-5-6-16(27)10-21(15)28/h2-12H,13H2,1H3. The molecule has 0 aliphatic carbocycles. The summed E-state index contributed by atoms with van der Waals surface area (Å²) >= 11 is 3.22. The fourth-order valence-electron chi connectivity index (χ4n) is 3.72. The maximum atomic E-state index is 14.1. The fourth-order valence-corrected chi connectivity index (χ4v) is 4.05. The van der Waals surface area contributed by atoms with Gasteiger partial charge in [-0.25, -0.2) is 14.0 Å². The van der Waals surface area contributed by atoms with E-state index in [1.54, 1.807) is 48.5 Å². The van der Waals surface area contributed by atoms with Gasteiger partial charge in [-0.15, -0.1) is 0 Å². The SMILES string of the molecule is COc1cccc2cc(-c3cc(=O)oc4cc(OCc5ccc(Br)cc5F)ccc34)c(=O)oc12. The van der Waals surface area contributed by atoms with Crippen molar-refractivity contribution in [3.63, 3.8) is 0 Å². The van der Waals surface area contributed by atoms with Gasteiger partial charge >= 0.3 is 11.3 Å². The number of rotatable bonds is 5. The lowest BCUT2D eigenvalue weighted by Gasteiger charge is -2.10. The number of ether oxygens (including phenoxy) is 2. The Morgan fingerprint density at radius 3 is 2.59 bits per heavy atom. The smallest absolute Gasteiger partial charge is 0.344 e. The van der Waals surface area contributed by atoms with Crippen LogP contribution in [-0.2, 0) is 6.61 Å². The van der Waals surface area contributed by atoms with Crippen molar-refractivity contribution in [1.29, 1.82) is 0 Å². The van der Waals surface area contributed by atoms with Gasteiger partial charge in [-0.2, -0.15) is 0 Å². The molecule has 5 aromatic rings. The second-order valence-corrected chi connectivity index (χ2v) is 8.40. The second kappa shape index (κ2) is 8.79. The molecule has 0 N–H and O–H groups in total. The summed E-state index contributed by atoms with van der Waals surface area (Å²) in [6.07, 6.45) is 0. The maximum Gasteiger partial charge on any atom is 0.344 e. The van der Waals surface area contributed by atoms with Gasteiger partial charge in [0, 0.05) is 38.5 Å². The zero-order valence-corrected chi connectivity index (χ0v) is 19.3. The molecule has 170 valence electrons. The molecule has 34 heavy (non-hydrogen) atoms. The third-order valence-electron chi connectivity index (χ3n) is 5.36. The van der Waals surface area contributed by atoms with E-state index in [1.807, 2.05) is 0 Å². The quantitative estimate of drug-likeness (QED) is 0.261. The van der Waals surface area contributed by atoms with Crippen LogP contribution in [0.4, 0.5) is 4.39 Å². The van der Waals surface area contributed by atoms with Gasteiger partial charge in [0.1, 0.15) is 23.8 Å². The van der Waals surface area contributed by atoms with E-state index < -0.39 is 17.1 Å². The molecule has 0 spiro atoms. The van der Waals surface area contributed by atoms with Crippen LogP contribution in [0.5, 0.6) is 11.5 Å². The maximum absolute atomic E-state index is 14.1. The molecule has 0 fully saturated rings. The van der Waals surface area contributed by atoms with Gasteiger partial charge in [0.2, 0.25) is 0 Å². The second-order valence-electron chi connectivity index (χ2n) is 7.49. The summed E-state index contributed by atoms with van der Waals surface area (Å²) in [7, 11) is 1.49. The summed E-state index contributed by atoms with van der Waals surface area (Å²) in [5, 5.41) is 1.17. The Hall–Kier alpha value is -3.91. The van der Waals surface area contributed by atoms with Crippen LogP contribution in [0, 0.1) is 5.82 Å². The van der Waals surface area contributed by atoms with Gasteiger partial charge in [0.25, 0.3) is 0 Å². The van der Waals surface area contributed by atoms with Crippen LogP contribution in [0.3, 0.4) is 0 Å². The Labute approximate surface area is 200 Å². The van der Waals surface area contributed by atoms with E-state index in [-0.39, 0.29) is 17.8 Å². The van der Waals surface area contributed by atoms with Gasteiger partial charge in [-0.05, 0) is 36.4 Å². The number of benzene rings is 3. The normalized spacial score (nSPS) is 11.1. The molecule has 8 heteroatoms. The van der Waals surface area contributed by atoms with Crippen molar-refractivity contribution < 1.29 is 22.7 Å². The molecular formula is C26H16BrFO6. The Kier molecular flexibility index (Phi) is 5.67. The van der Waals surface area contributed by atoms with Crippen LogP contribution in [0.1, 0.15) is 5.56 Å². The number of fused-ring (bicyclic) bond motifs is 2. The van der Waals surface area contributed by atoms with E-state index in [1.165, 1.54) is 25.3 Å². The van der Waals surface area contributed by atoms with Gasteiger partial charge < -0.3 is 18.3 Å². The predicted molar refractivity (Wildman–Crippen MR) is 129 cm³/mol. The molecule has 2 heterocycles. The lowest BCUT2D eigenvalue weighted by Crippen LogP contribution is -2.07. The Balaban J connectivity index is 1.56. The van der Waals surface area contributed by atoms with E-state index in [2.05, 4.69) is 15.9 Å². The molecule has 3 aromatic carbocycles. The number of hydrogen-bond donors (Lipinski definition) is 0. The molecule has 0 aliphatic heterocycles. The number of para-hydroxylation sites is 1. The average molecular weight is 523 g/mol. The van der Waals surface area contributed by atoms with E-state index in [0.29, 0.717) is 43.5 Å². The highest BCUT2D eigenvalue weighted by Gasteiger charge is 2.16. The first-order valence-corrected chi connectivity index (χ1v) is 11.0. The first-order chi connectivity index (χ1) is 16.4. The molecule has 0 unspecified atom stereocenters. The summed E-state index contributed by atoms with van der Waals surface area (Å²) in [5.74, 6) is 0.414. The van der Waals surface area contributed by atoms with E-state index in [4.69, 9.17) is 18.3 Å². The summed E-state index contributed by atoms with van der Waals surface area (Å²) in [5.41, 5.74) is 0.254. The van der Waals surface area contributed by atoms with Crippen molar-refractivity contribution in [3.05, 3.63) is 103 Å². The highest BCUT2D eigenvalue weighted by molar-refractivity contribution is 9.10. The van der Waals surface area contributed by atoms with Gasteiger partial charge in [0.05, 0.1) is 12.7 Å². The van der Waals surface area contributed by atoms with Crippen molar-refractivity contribution in [3.8, 4) is 22.6 Å². The molecule has 0 saturated heterocycles. The monoisotopic (exact) mass is 522 g/mol. The third kappa shape index (κ3) is 4.08. The summed E-state index contributed by atoms with van der Waals surface area (Å²) in [6.45, 7) is -0.00929. The molecule has 2 aromatic heterocycles. The van der Waals surface area contributed by atoms with E-state index in [9.17, 15) is 14.0 Å². The molecule has 0 atom stereocenters. The summed E-state index contributed by atoms with van der Waals surface area (Å²) in [6, 6.07) is 17.7. The zero-order valence-electron chi connectivity index (χ0n) is 17.8. The van der Waals surface area contributed by atoms with Crippen LogP contribution in [0.15, 0.2) is 89.6 Å². The molecule has 6 nitrogen and oxygen atoms in total. The van der Waals surface area contributed by atoms with Gasteiger partial charge in [-0.3, -0.25) is 0 Å². The van der Waals surface area contributed by atoms with Crippen molar-refractivity contribution in [2.24, 2.45) is 0 Å². The number of hydrogen-bond acceptors (Lipinski definition) is 6. The van der Waals surface area contributed by atoms with Crippen LogP contribution in [0.2, 0.25) is 0 Å². The molecule has 5 rings (SSSR count). The fraction of sp³-hybridized carbons (Fsp3) is 0.0769. The highest BCUT2D eigenvalue weighted by atomic mass is 79.9. The van der Waals surface area contributed by atoms with E-state index in [0.717, 1.165) is 0 Å². The third-order valence-corrected chi connectivity index (χ3v) is 5.85. The molecule has 0 bridgehead atoms. The average Bonchev–Trinajstić information content (AvgIpc) is 2.82. The molecule has 0 amide bonds. The lowest BCUT2D eigenvalue weighted by molar-refractivity contribution is 0.299. The lowest BCUT2D eigenvalue weighted by atomic mass is 10.0. The minimum atomic E-state index is -0.635. The van der Waals surface area contributed by atoms with Gasteiger partial charge in [-0.1, -0.05) is 34.1 Å². The Morgan fingerprint density at radius 2 is 1.79 bits per heavy atom. The predicted octanol–water partition coefficient (Wildman–Crippen LogP) is 6.06. The largest absolute Gasteiger partial charge is 0.493 e. The van der Waals surface area contributed by atoms with Crippen LogP contribution < -0.4 is 20.7 Å². The van der Waals surface area contributed by atoms with Crippen molar-refractivity contribution in [2.45, 2.75) is 6.61 Å².